The highest BCUT2D eigenvalue weighted by molar-refractivity contribution is 5.87. The van der Waals surface area contributed by atoms with Crippen LogP contribution in [0.5, 0.6) is 0 Å². The molecule has 0 heterocycles. The number of amides is 1. The zero-order valence-corrected chi connectivity index (χ0v) is 10.4. The van der Waals surface area contributed by atoms with Gasteiger partial charge >= 0.3 is 5.97 Å². The number of carbonyl (C=O) groups excluding carboxylic acids is 1. The molecule has 0 spiro atoms. The Morgan fingerprint density at radius 2 is 2.06 bits per heavy atom. The van der Waals surface area contributed by atoms with Crippen molar-refractivity contribution < 1.29 is 14.7 Å². The number of carboxylic acid groups (broad SMARTS) is 1. The minimum Gasteiger partial charge on any atom is -0.480 e. The fraction of sp³-hybridized carbons (Fsp3) is 0.833. The topological polar surface area (TPSA) is 92.4 Å². The number of carbonyl (C=O) groups is 2. The molecule has 1 atom stereocenters. The van der Waals surface area contributed by atoms with Crippen molar-refractivity contribution in [2.75, 3.05) is 6.54 Å². The van der Waals surface area contributed by atoms with Crippen molar-refractivity contribution in [1.82, 2.24) is 5.32 Å². The van der Waals surface area contributed by atoms with Gasteiger partial charge in [0.25, 0.3) is 0 Å². The third-order valence-corrected chi connectivity index (χ3v) is 3.52. The largest absolute Gasteiger partial charge is 0.480 e. The maximum atomic E-state index is 11.7. The summed E-state index contributed by atoms with van der Waals surface area (Å²) < 4.78 is 0. The molecule has 0 saturated heterocycles. The lowest BCUT2D eigenvalue weighted by Gasteiger charge is -2.38. The molecule has 5 heteroatoms. The smallest absolute Gasteiger partial charge is 0.329 e. The van der Waals surface area contributed by atoms with Crippen LogP contribution in [-0.4, -0.2) is 29.1 Å². The zero-order valence-electron chi connectivity index (χ0n) is 10.4. The first-order chi connectivity index (χ1) is 8.00. The highest BCUT2D eigenvalue weighted by atomic mass is 16.4. The van der Waals surface area contributed by atoms with Crippen LogP contribution in [0, 0.1) is 5.92 Å². The SMILES string of the molecule is CC(CCN)CCC(=O)NC1(C(=O)O)CCC1. The van der Waals surface area contributed by atoms with Gasteiger partial charge in [-0.2, -0.15) is 0 Å². The minimum atomic E-state index is -0.978. The fourth-order valence-electron chi connectivity index (χ4n) is 2.06. The van der Waals surface area contributed by atoms with Gasteiger partial charge in [-0.05, 0) is 44.6 Å². The van der Waals surface area contributed by atoms with Crippen molar-refractivity contribution in [3.63, 3.8) is 0 Å². The maximum absolute atomic E-state index is 11.7. The van der Waals surface area contributed by atoms with Gasteiger partial charge in [-0.1, -0.05) is 6.92 Å². The summed E-state index contributed by atoms with van der Waals surface area (Å²) in [5.74, 6) is -0.656. The van der Waals surface area contributed by atoms with E-state index in [4.69, 9.17) is 10.8 Å². The molecule has 98 valence electrons. The van der Waals surface area contributed by atoms with Gasteiger partial charge in [-0.15, -0.1) is 0 Å². The predicted octanol–water partition coefficient (Wildman–Crippen LogP) is 0.875. The van der Waals surface area contributed by atoms with E-state index in [9.17, 15) is 9.59 Å². The highest BCUT2D eigenvalue weighted by Crippen LogP contribution is 2.32. The van der Waals surface area contributed by atoms with E-state index < -0.39 is 11.5 Å². The molecule has 1 aliphatic carbocycles. The van der Waals surface area contributed by atoms with E-state index in [1.54, 1.807) is 0 Å². The zero-order chi connectivity index (χ0) is 12.9. The number of nitrogens with one attached hydrogen (secondary N) is 1. The van der Waals surface area contributed by atoms with Crippen LogP contribution in [0.4, 0.5) is 0 Å². The number of hydrogen-bond donors (Lipinski definition) is 3. The van der Waals surface area contributed by atoms with Crippen LogP contribution in [0.1, 0.15) is 45.4 Å². The van der Waals surface area contributed by atoms with E-state index in [2.05, 4.69) is 12.2 Å². The molecule has 0 aromatic rings. The van der Waals surface area contributed by atoms with Crippen molar-refractivity contribution in [2.24, 2.45) is 11.7 Å². The molecule has 0 radical (unpaired) electrons. The van der Waals surface area contributed by atoms with Crippen LogP contribution in [0.3, 0.4) is 0 Å². The van der Waals surface area contributed by atoms with E-state index in [1.807, 2.05) is 0 Å². The van der Waals surface area contributed by atoms with Crippen molar-refractivity contribution in [2.45, 2.75) is 51.0 Å². The second-order valence-corrected chi connectivity index (χ2v) is 5.01. The molecule has 0 aromatic carbocycles. The van der Waals surface area contributed by atoms with Crippen molar-refractivity contribution in [3.8, 4) is 0 Å². The molecule has 0 aromatic heterocycles. The number of rotatable bonds is 7. The molecular formula is C12H22N2O3. The number of hydrogen-bond acceptors (Lipinski definition) is 3. The van der Waals surface area contributed by atoms with Gasteiger partial charge in [0.2, 0.25) is 5.91 Å². The van der Waals surface area contributed by atoms with Crippen LogP contribution in [-0.2, 0) is 9.59 Å². The Bertz CT molecular complexity index is 287. The quantitative estimate of drug-likeness (QED) is 0.617. The average Bonchev–Trinajstić information content (AvgIpc) is 2.20. The van der Waals surface area contributed by atoms with Crippen molar-refractivity contribution >= 4 is 11.9 Å². The average molecular weight is 242 g/mol. The Labute approximate surface area is 102 Å². The molecular weight excluding hydrogens is 220 g/mol. The van der Waals surface area contributed by atoms with Gasteiger partial charge in [0, 0.05) is 6.42 Å². The lowest BCUT2D eigenvalue weighted by atomic mass is 9.76. The van der Waals surface area contributed by atoms with E-state index in [0.29, 0.717) is 31.7 Å². The first-order valence-electron chi connectivity index (χ1n) is 6.24. The summed E-state index contributed by atoms with van der Waals surface area (Å²) in [5, 5.41) is 11.7. The highest BCUT2D eigenvalue weighted by Gasteiger charge is 2.45. The molecule has 1 amide bonds. The van der Waals surface area contributed by atoms with E-state index in [0.717, 1.165) is 19.3 Å². The first-order valence-corrected chi connectivity index (χ1v) is 6.24. The maximum Gasteiger partial charge on any atom is 0.329 e. The second kappa shape index (κ2) is 6.00. The van der Waals surface area contributed by atoms with Gasteiger partial charge in [-0.3, -0.25) is 4.79 Å². The molecule has 0 aliphatic heterocycles. The molecule has 1 rings (SSSR count). The van der Waals surface area contributed by atoms with E-state index >= 15 is 0 Å². The molecule has 5 nitrogen and oxygen atoms in total. The first kappa shape index (κ1) is 14.0. The third-order valence-electron chi connectivity index (χ3n) is 3.52. The monoisotopic (exact) mass is 242 g/mol. The van der Waals surface area contributed by atoms with Crippen LogP contribution in [0.25, 0.3) is 0 Å². The minimum absolute atomic E-state index is 0.157. The van der Waals surface area contributed by atoms with Crippen LogP contribution in [0.15, 0.2) is 0 Å². The summed E-state index contributed by atoms with van der Waals surface area (Å²) in [4.78, 5) is 22.7. The number of aliphatic carboxylic acids is 1. The molecule has 1 aliphatic rings. The Morgan fingerprint density at radius 3 is 2.47 bits per heavy atom. The lowest BCUT2D eigenvalue weighted by molar-refractivity contribution is -0.151. The molecule has 1 unspecified atom stereocenters. The summed E-state index contributed by atoms with van der Waals surface area (Å²) in [5.41, 5.74) is 4.45. The van der Waals surface area contributed by atoms with Crippen LogP contribution < -0.4 is 11.1 Å². The Kier molecular flexibility index (Phi) is 4.93. The fourth-order valence-corrected chi connectivity index (χ4v) is 2.06. The van der Waals surface area contributed by atoms with Crippen LogP contribution in [0.2, 0.25) is 0 Å². The summed E-state index contributed by atoms with van der Waals surface area (Å²) in [7, 11) is 0. The van der Waals surface area contributed by atoms with Crippen molar-refractivity contribution in [1.29, 1.82) is 0 Å². The molecule has 1 saturated carbocycles. The molecule has 4 N–H and O–H groups in total. The lowest BCUT2D eigenvalue weighted by Crippen LogP contribution is -2.59. The van der Waals surface area contributed by atoms with Gasteiger partial charge in [0.15, 0.2) is 0 Å². The Balaban J connectivity index is 2.31. The van der Waals surface area contributed by atoms with E-state index in [1.165, 1.54) is 0 Å². The Morgan fingerprint density at radius 1 is 1.41 bits per heavy atom. The summed E-state index contributed by atoms with van der Waals surface area (Å²) in [6.45, 7) is 2.68. The second-order valence-electron chi connectivity index (χ2n) is 5.01. The normalized spacial score (nSPS) is 19.2. The Hall–Kier alpha value is -1.10. The van der Waals surface area contributed by atoms with Gasteiger partial charge in [0.1, 0.15) is 5.54 Å². The number of carboxylic acids is 1. The third kappa shape index (κ3) is 3.70. The summed E-state index contributed by atoms with van der Waals surface area (Å²) in [6, 6.07) is 0. The molecule has 0 bridgehead atoms. The van der Waals surface area contributed by atoms with Crippen LogP contribution >= 0.6 is 0 Å². The van der Waals surface area contributed by atoms with Gasteiger partial charge in [-0.25, -0.2) is 4.79 Å². The van der Waals surface area contributed by atoms with Crippen molar-refractivity contribution in [3.05, 3.63) is 0 Å². The predicted molar refractivity (Wildman–Crippen MR) is 64.4 cm³/mol. The van der Waals surface area contributed by atoms with Gasteiger partial charge in [0.05, 0.1) is 0 Å². The summed E-state index contributed by atoms with van der Waals surface area (Å²) in [6.07, 6.45) is 4.02. The van der Waals surface area contributed by atoms with E-state index in [-0.39, 0.29) is 5.91 Å². The van der Waals surface area contributed by atoms with Gasteiger partial charge < -0.3 is 16.2 Å². The summed E-state index contributed by atoms with van der Waals surface area (Å²) >= 11 is 0. The standard InChI is InChI=1S/C12H22N2O3/c1-9(5-8-13)3-4-10(15)14-12(11(16)17)6-2-7-12/h9H,2-8,13H2,1H3,(H,14,15)(H,16,17). The molecule has 17 heavy (non-hydrogen) atoms. The number of nitrogens with two attached hydrogens (primary N) is 1. The molecule has 1 fully saturated rings.